The van der Waals surface area contributed by atoms with E-state index < -0.39 is 0 Å². The van der Waals surface area contributed by atoms with E-state index in [0.717, 1.165) is 36.1 Å². The average Bonchev–Trinajstić information content (AvgIpc) is 2.55. The van der Waals surface area contributed by atoms with Crippen molar-refractivity contribution in [3.63, 3.8) is 0 Å². The molecule has 22 heavy (non-hydrogen) atoms. The second kappa shape index (κ2) is 6.27. The number of rotatable bonds is 3. The van der Waals surface area contributed by atoms with E-state index in [2.05, 4.69) is 19.9 Å². The van der Waals surface area contributed by atoms with Crippen LogP contribution in [0, 0.1) is 6.92 Å². The van der Waals surface area contributed by atoms with E-state index in [0.29, 0.717) is 6.61 Å². The van der Waals surface area contributed by atoms with Gasteiger partial charge in [-0.2, -0.15) is 0 Å². The van der Waals surface area contributed by atoms with Crippen molar-refractivity contribution < 1.29 is 4.74 Å². The summed E-state index contributed by atoms with van der Waals surface area (Å²) in [5.41, 5.74) is 1.90. The SMILES string of the molecule is Cc1cccc(N2CCOC(c3nccnc3N(C)C)C2)n1. The predicted molar refractivity (Wildman–Crippen MR) is 86.2 cm³/mol. The minimum Gasteiger partial charge on any atom is -0.368 e. The van der Waals surface area contributed by atoms with Crippen molar-refractivity contribution in [2.45, 2.75) is 13.0 Å². The Bertz CT molecular complexity index is 646. The molecule has 0 radical (unpaired) electrons. The number of nitrogens with zero attached hydrogens (tertiary/aromatic N) is 5. The standard InChI is InChI=1S/C16H21N5O/c1-12-5-4-6-14(19-12)21-9-10-22-13(11-21)15-16(20(2)3)18-8-7-17-15/h4-8,13H,9-11H2,1-3H3. The van der Waals surface area contributed by atoms with Crippen molar-refractivity contribution >= 4 is 11.6 Å². The number of aryl methyl sites for hydroxylation is 1. The Balaban J connectivity index is 1.85. The maximum Gasteiger partial charge on any atom is 0.152 e. The number of hydrogen-bond acceptors (Lipinski definition) is 6. The highest BCUT2D eigenvalue weighted by Crippen LogP contribution is 2.28. The van der Waals surface area contributed by atoms with E-state index in [1.807, 2.05) is 44.1 Å². The number of hydrogen-bond donors (Lipinski definition) is 0. The third kappa shape index (κ3) is 3.01. The van der Waals surface area contributed by atoms with Crippen molar-refractivity contribution in [1.29, 1.82) is 0 Å². The highest BCUT2D eigenvalue weighted by molar-refractivity contribution is 5.45. The van der Waals surface area contributed by atoms with E-state index in [-0.39, 0.29) is 6.10 Å². The van der Waals surface area contributed by atoms with E-state index in [9.17, 15) is 0 Å². The van der Waals surface area contributed by atoms with Gasteiger partial charge in [0.2, 0.25) is 0 Å². The molecule has 1 unspecified atom stereocenters. The zero-order valence-electron chi connectivity index (χ0n) is 13.2. The molecule has 2 aromatic rings. The first-order chi connectivity index (χ1) is 10.6. The normalized spacial score (nSPS) is 18.3. The number of ether oxygens (including phenoxy) is 1. The second-order valence-electron chi connectivity index (χ2n) is 5.60. The zero-order valence-corrected chi connectivity index (χ0v) is 13.2. The molecular weight excluding hydrogens is 278 g/mol. The summed E-state index contributed by atoms with van der Waals surface area (Å²) >= 11 is 0. The number of morpholine rings is 1. The molecule has 0 aliphatic carbocycles. The highest BCUT2D eigenvalue weighted by atomic mass is 16.5. The molecule has 1 saturated heterocycles. The van der Waals surface area contributed by atoms with Crippen LogP contribution in [-0.2, 0) is 4.74 Å². The molecule has 1 aliphatic heterocycles. The van der Waals surface area contributed by atoms with Crippen molar-refractivity contribution in [2.75, 3.05) is 43.6 Å². The van der Waals surface area contributed by atoms with Gasteiger partial charge in [0.15, 0.2) is 5.82 Å². The Kier molecular flexibility index (Phi) is 4.20. The Morgan fingerprint density at radius 2 is 2.05 bits per heavy atom. The van der Waals surface area contributed by atoms with Crippen LogP contribution < -0.4 is 9.80 Å². The van der Waals surface area contributed by atoms with E-state index in [1.165, 1.54) is 0 Å². The van der Waals surface area contributed by atoms with Crippen molar-refractivity contribution in [1.82, 2.24) is 15.0 Å². The molecule has 0 N–H and O–H groups in total. The first-order valence-electron chi connectivity index (χ1n) is 7.43. The molecule has 0 spiro atoms. The summed E-state index contributed by atoms with van der Waals surface area (Å²) < 4.78 is 5.94. The van der Waals surface area contributed by atoms with Crippen molar-refractivity contribution in [2.24, 2.45) is 0 Å². The van der Waals surface area contributed by atoms with Crippen molar-refractivity contribution in [3.8, 4) is 0 Å². The average molecular weight is 299 g/mol. The lowest BCUT2D eigenvalue weighted by Gasteiger charge is -2.34. The fourth-order valence-electron chi connectivity index (χ4n) is 2.64. The summed E-state index contributed by atoms with van der Waals surface area (Å²) in [5, 5.41) is 0. The quantitative estimate of drug-likeness (QED) is 0.862. The molecule has 2 aromatic heterocycles. The molecule has 1 aliphatic rings. The van der Waals surface area contributed by atoms with Gasteiger partial charge in [-0.1, -0.05) is 6.07 Å². The van der Waals surface area contributed by atoms with Gasteiger partial charge >= 0.3 is 0 Å². The molecule has 0 amide bonds. The lowest BCUT2D eigenvalue weighted by atomic mass is 10.2. The van der Waals surface area contributed by atoms with E-state index >= 15 is 0 Å². The van der Waals surface area contributed by atoms with Gasteiger partial charge in [-0.05, 0) is 19.1 Å². The summed E-state index contributed by atoms with van der Waals surface area (Å²) in [4.78, 5) is 17.7. The van der Waals surface area contributed by atoms with Gasteiger partial charge in [-0.25, -0.2) is 9.97 Å². The Morgan fingerprint density at radius 3 is 2.82 bits per heavy atom. The maximum atomic E-state index is 5.94. The largest absolute Gasteiger partial charge is 0.368 e. The van der Waals surface area contributed by atoms with Crippen LogP contribution in [0.2, 0.25) is 0 Å². The summed E-state index contributed by atoms with van der Waals surface area (Å²) in [6.07, 6.45) is 3.33. The van der Waals surface area contributed by atoms with Crippen LogP contribution in [0.15, 0.2) is 30.6 Å². The van der Waals surface area contributed by atoms with Gasteiger partial charge in [0.05, 0.1) is 13.2 Å². The molecule has 3 rings (SSSR count). The molecule has 1 atom stereocenters. The molecule has 0 saturated carbocycles. The fourth-order valence-corrected chi connectivity index (χ4v) is 2.64. The van der Waals surface area contributed by atoms with Crippen LogP contribution in [0.4, 0.5) is 11.6 Å². The summed E-state index contributed by atoms with van der Waals surface area (Å²) in [6.45, 7) is 4.23. The minimum absolute atomic E-state index is 0.0952. The second-order valence-corrected chi connectivity index (χ2v) is 5.60. The Morgan fingerprint density at radius 1 is 1.23 bits per heavy atom. The van der Waals surface area contributed by atoms with Crippen LogP contribution in [0.5, 0.6) is 0 Å². The lowest BCUT2D eigenvalue weighted by molar-refractivity contribution is 0.0369. The first kappa shape index (κ1) is 14.7. The van der Waals surface area contributed by atoms with Crippen molar-refractivity contribution in [3.05, 3.63) is 42.0 Å². The molecular formula is C16H21N5O. The summed E-state index contributed by atoms with van der Waals surface area (Å²) in [7, 11) is 3.94. The molecule has 3 heterocycles. The van der Waals surface area contributed by atoms with E-state index in [1.54, 1.807) is 12.4 Å². The van der Waals surface area contributed by atoms with Gasteiger partial charge < -0.3 is 14.5 Å². The van der Waals surface area contributed by atoms with Gasteiger partial charge in [-0.3, -0.25) is 4.98 Å². The fraction of sp³-hybridized carbons (Fsp3) is 0.438. The topological polar surface area (TPSA) is 54.4 Å². The maximum absolute atomic E-state index is 5.94. The van der Waals surface area contributed by atoms with Crippen LogP contribution in [0.3, 0.4) is 0 Å². The van der Waals surface area contributed by atoms with Gasteiger partial charge in [0.25, 0.3) is 0 Å². The lowest BCUT2D eigenvalue weighted by Crippen LogP contribution is -2.39. The van der Waals surface area contributed by atoms with Crippen LogP contribution in [0.1, 0.15) is 17.5 Å². The molecule has 6 heteroatoms. The molecule has 0 aromatic carbocycles. The molecule has 116 valence electrons. The van der Waals surface area contributed by atoms with Gasteiger partial charge in [-0.15, -0.1) is 0 Å². The van der Waals surface area contributed by atoms with Crippen LogP contribution >= 0.6 is 0 Å². The van der Waals surface area contributed by atoms with Gasteiger partial charge in [0, 0.05) is 38.7 Å². The summed E-state index contributed by atoms with van der Waals surface area (Å²) in [5.74, 6) is 1.84. The molecule has 1 fully saturated rings. The number of anilines is 2. The van der Waals surface area contributed by atoms with E-state index in [4.69, 9.17) is 4.74 Å². The Labute approximate surface area is 130 Å². The van der Waals surface area contributed by atoms with Crippen LogP contribution in [-0.4, -0.2) is 48.7 Å². The Hall–Kier alpha value is -2.21. The highest BCUT2D eigenvalue weighted by Gasteiger charge is 2.27. The smallest absolute Gasteiger partial charge is 0.152 e. The zero-order chi connectivity index (χ0) is 15.5. The predicted octanol–water partition coefficient (Wildman–Crippen LogP) is 1.82. The first-order valence-corrected chi connectivity index (χ1v) is 7.43. The number of aromatic nitrogens is 3. The van der Waals surface area contributed by atoms with Gasteiger partial charge in [0.1, 0.15) is 17.6 Å². The monoisotopic (exact) mass is 299 g/mol. The minimum atomic E-state index is -0.0952. The number of pyridine rings is 1. The molecule has 0 bridgehead atoms. The third-order valence-electron chi connectivity index (χ3n) is 3.70. The molecule has 6 nitrogen and oxygen atoms in total. The third-order valence-corrected chi connectivity index (χ3v) is 3.70. The summed E-state index contributed by atoms with van der Waals surface area (Å²) in [6, 6.07) is 6.09. The van der Waals surface area contributed by atoms with Crippen LogP contribution in [0.25, 0.3) is 0 Å².